The average Bonchev–Trinajstić information content (AvgIpc) is 3.26. The zero-order chi connectivity index (χ0) is 21.5. The lowest BCUT2D eigenvalue weighted by molar-refractivity contribution is -0.111. The zero-order valence-corrected chi connectivity index (χ0v) is 16.9. The summed E-state index contributed by atoms with van der Waals surface area (Å²) in [7, 11) is 1.30. The van der Waals surface area contributed by atoms with Crippen LogP contribution in [0, 0.1) is 0 Å². The molecule has 1 unspecified atom stereocenters. The molecule has 1 aliphatic rings. The second-order valence-corrected chi connectivity index (χ2v) is 7.07. The van der Waals surface area contributed by atoms with Crippen LogP contribution in [-0.2, 0) is 16.1 Å². The van der Waals surface area contributed by atoms with E-state index in [2.05, 4.69) is 26.9 Å². The van der Waals surface area contributed by atoms with Gasteiger partial charge >= 0.3 is 5.97 Å². The molecule has 0 spiro atoms. The van der Waals surface area contributed by atoms with Crippen LogP contribution in [0.1, 0.15) is 46.5 Å². The van der Waals surface area contributed by atoms with Crippen molar-refractivity contribution >= 4 is 23.5 Å². The molecule has 1 fully saturated rings. The van der Waals surface area contributed by atoms with Crippen molar-refractivity contribution in [2.24, 2.45) is 0 Å². The van der Waals surface area contributed by atoms with E-state index < -0.39 is 5.97 Å². The first kappa shape index (κ1) is 21.2. The van der Waals surface area contributed by atoms with Crippen molar-refractivity contribution in [3.05, 3.63) is 54.4 Å². The van der Waals surface area contributed by atoms with Gasteiger partial charge in [-0.15, -0.1) is 5.10 Å². The quantitative estimate of drug-likeness (QED) is 0.553. The number of carbonyl (C=O) groups excluding carboxylic acids is 3. The Hall–Kier alpha value is -3.49. The fraction of sp³-hybridized carbons (Fsp3) is 0.381. The Morgan fingerprint density at radius 1 is 1.33 bits per heavy atom. The highest BCUT2D eigenvalue weighted by Gasteiger charge is 2.27. The number of piperidine rings is 1. The Kier molecular flexibility index (Phi) is 6.95. The SMILES string of the molecule is C=CC(=O)Nc1cccc(C(=O)N2CCCCC2CCn2cc(C(=O)OC)nn2)c1. The normalized spacial score (nSPS) is 16.0. The molecule has 1 aromatic carbocycles. The Balaban J connectivity index is 1.67. The van der Waals surface area contributed by atoms with E-state index in [1.54, 1.807) is 35.1 Å². The number of likely N-dealkylation sites (tertiary alicyclic amines) is 1. The minimum absolute atomic E-state index is 0.0587. The number of ether oxygens (including phenoxy) is 1. The smallest absolute Gasteiger partial charge is 0.360 e. The maximum Gasteiger partial charge on any atom is 0.360 e. The van der Waals surface area contributed by atoms with Crippen molar-refractivity contribution in [2.75, 3.05) is 19.0 Å². The summed E-state index contributed by atoms with van der Waals surface area (Å²) in [5.41, 5.74) is 1.24. The maximum atomic E-state index is 13.2. The van der Waals surface area contributed by atoms with Crippen molar-refractivity contribution in [2.45, 2.75) is 38.3 Å². The summed E-state index contributed by atoms with van der Waals surface area (Å²) < 4.78 is 6.24. The van der Waals surface area contributed by atoms with Gasteiger partial charge in [-0.1, -0.05) is 17.9 Å². The van der Waals surface area contributed by atoms with Gasteiger partial charge in [-0.2, -0.15) is 0 Å². The van der Waals surface area contributed by atoms with E-state index in [1.165, 1.54) is 13.2 Å². The van der Waals surface area contributed by atoms with Crippen molar-refractivity contribution in [3.63, 3.8) is 0 Å². The third-order valence-corrected chi connectivity index (χ3v) is 5.08. The molecule has 0 radical (unpaired) electrons. The van der Waals surface area contributed by atoms with Crippen LogP contribution < -0.4 is 5.32 Å². The molecule has 1 atom stereocenters. The number of aryl methyl sites for hydroxylation is 1. The summed E-state index contributed by atoms with van der Waals surface area (Å²) in [6, 6.07) is 6.96. The van der Waals surface area contributed by atoms with Crippen molar-refractivity contribution < 1.29 is 19.1 Å². The number of anilines is 1. The summed E-state index contributed by atoms with van der Waals surface area (Å²) in [6.07, 6.45) is 6.33. The Bertz CT molecular complexity index is 939. The number of nitrogens with zero attached hydrogens (tertiary/aromatic N) is 4. The average molecular weight is 411 g/mol. The van der Waals surface area contributed by atoms with Gasteiger partial charge in [-0.05, 0) is 50.0 Å². The Labute approximate surface area is 174 Å². The minimum Gasteiger partial charge on any atom is -0.464 e. The third kappa shape index (κ3) is 5.11. The lowest BCUT2D eigenvalue weighted by atomic mass is 9.98. The summed E-state index contributed by atoms with van der Waals surface area (Å²) in [5.74, 6) is -0.919. The number of benzene rings is 1. The van der Waals surface area contributed by atoms with Crippen LogP contribution in [0.15, 0.2) is 43.1 Å². The molecule has 1 N–H and O–H groups in total. The van der Waals surface area contributed by atoms with Crippen LogP contribution in [0.3, 0.4) is 0 Å². The highest BCUT2D eigenvalue weighted by atomic mass is 16.5. The van der Waals surface area contributed by atoms with E-state index in [-0.39, 0.29) is 23.6 Å². The molecule has 9 nitrogen and oxygen atoms in total. The summed E-state index contributed by atoms with van der Waals surface area (Å²) in [4.78, 5) is 38.1. The molecule has 2 aromatic rings. The van der Waals surface area contributed by atoms with Gasteiger partial charge in [0.1, 0.15) is 0 Å². The molecule has 1 aromatic heterocycles. The maximum absolute atomic E-state index is 13.2. The fourth-order valence-electron chi connectivity index (χ4n) is 3.54. The monoisotopic (exact) mass is 411 g/mol. The number of aromatic nitrogens is 3. The molecular weight excluding hydrogens is 386 g/mol. The molecule has 1 aliphatic heterocycles. The van der Waals surface area contributed by atoms with Gasteiger partial charge in [-0.25, -0.2) is 4.79 Å². The molecule has 158 valence electrons. The van der Waals surface area contributed by atoms with Crippen LogP contribution in [0.5, 0.6) is 0 Å². The van der Waals surface area contributed by atoms with Crippen LogP contribution in [0.25, 0.3) is 0 Å². The first-order chi connectivity index (χ1) is 14.5. The van der Waals surface area contributed by atoms with Crippen molar-refractivity contribution in [1.29, 1.82) is 0 Å². The summed E-state index contributed by atoms with van der Waals surface area (Å²) in [5, 5.41) is 10.4. The lowest BCUT2D eigenvalue weighted by Crippen LogP contribution is -2.44. The molecule has 30 heavy (non-hydrogen) atoms. The highest BCUT2D eigenvalue weighted by molar-refractivity contribution is 6.00. The molecule has 2 heterocycles. The van der Waals surface area contributed by atoms with Gasteiger partial charge in [-0.3, -0.25) is 14.3 Å². The number of amides is 2. The third-order valence-electron chi connectivity index (χ3n) is 5.08. The molecule has 2 amide bonds. The number of esters is 1. The van der Waals surface area contributed by atoms with Crippen molar-refractivity contribution in [3.8, 4) is 0 Å². The Morgan fingerprint density at radius 3 is 2.93 bits per heavy atom. The second kappa shape index (κ2) is 9.82. The van der Waals surface area contributed by atoms with Gasteiger partial charge < -0.3 is 15.0 Å². The van der Waals surface area contributed by atoms with Crippen LogP contribution >= 0.6 is 0 Å². The van der Waals surface area contributed by atoms with Gasteiger partial charge in [0, 0.05) is 30.4 Å². The zero-order valence-electron chi connectivity index (χ0n) is 16.9. The first-order valence-electron chi connectivity index (χ1n) is 9.84. The van der Waals surface area contributed by atoms with E-state index in [0.29, 0.717) is 30.8 Å². The highest BCUT2D eigenvalue weighted by Crippen LogP contribution is 2.23. The predicted molar refractivity (Wildman–Crippen MR) is 110 cm³/mol. The predicted octanol–water partition coefficient (Wildman–Crippen LogP) is 2.27. The number of methoxy groups -OCH3 is 1. The van der Waals surface area contributed by atoms with Gasteiger partial charge in [0.2, 0.25) is 5.91 Å². The van der Waals surface area contributed by atoms with Crippen LogP contribution in [-0.4, -0.2) is 57.4 Å². The summed E-state index contributed by atoms with van der Waals surface area (Å²) in [6.45, 7) is 4.65. The topological polar surface area (TPSA) is 106 Å². The number of hydrogen-bond acceptors (Lipinski definition) is 6. The lowest BCUT2D eigenvalue weighted by Gasteiger charge is -2.36. The summed E-state index contributed by atoms with van der Waals surface area (Å²) >= 11 is 0. The van der Waals surface area contributed by atoms with Gasteiger partial charge in [0.25, 0.3) is 5.91 Å². The minimum atomic E-state index is -0.529. The van der Waals surface area contributed by atoms with Gasteiger partial charge in [0.05, 0.1) is 13.3 Å². The van der Waals surface area contributed by atoms with E-state index >= 15 is 0 Å². The van der Waals surface area contributed by atoms with Gasteiger partial charge in [0.15, 0.2) is 5.69 Å². The van der Waals surface area contributed by atoms with E-state index in [1.807, 2.05) is 4.90 Å². The van der Waals surface area contributed by atoms with E-state index in [9.17, 15) is 14.4 Å². The second-order valence-electron chi connectivity index (χ2n) is 7.07. The van der Waals surface area contributed by atoms with Crippen LogP contribution in [0.4, 0.5) is 5.69 Å². The van der Waals surface area contributed by atoms with Crippen LogP contribution in [0.2, 0.25) is 0 Å². The molecule has 0 saturated carbocycles. The molecular formula is C21H25N5O4. The van der Waals surface area contributed by atoms with E-state index in [4.69, 9.17) is 0 Å². The fourth-order valence-corrected chi connectivity index (χ4v) is 3.54. The van der Waals surface area contributed by atoms with Crippen molar-refractivity contribution in [1.82, 2.24) is 19.9 Å². The largest absolute Gasteiger partial charge is 0.464 e. The first-order valence-corrected chi connectivity index (χ1v) is 9.84. The standard InChI is InChI=1S/C21H25N5O4/c1-3-19(27)22-16-8-6-7-15(13-16)20(28)26-11-5-4-9-17(26)10-12-25-14-18(23-24-25)21(29)30-2/h3,6-8,13-14,17H,1,4-5,9-12H2,2H3,(H,22,27). The molecule has 3 rings (SSSR count). The number of nitrogens with one attached hydrogen (secondary N) is 1. The molecule has 0 bridgehead atoms. The molecule has 1 saturated heterocycles. The number of hydrogen-bond donors (Lipinski definition) is 1. The molecule has 0 aliphatic carbocycles. The van der Waals surface area contributed by atoms with E-state index in [0.717, 1.165) is 19.3 Å². The number of carbonyl (C=O) groups is 3. The Morgan fingerprint density at radius 2 is 2.17 bits per heavy atom. The number of rotatable bonds is 7. The molecule has 9 heteroatoms.